The van der Waals surface area contributed by atoms with Crippen molar-refractivity contribution in [1.29, 1.82) is 0 Å². The Morgan fingerprint density at radius 3 is 2.81 bits per heavy atom. The molecule has 160 valence electrons. The largest absolute Gasteiger partial charge is 0.386 e. The maximum atomic E-state index is 10.6. The lowest BCUT2D eigenvalue weighted by molar-refractivity contribution is 0.184. The lowest BCUT2D eigenvalue weighted by Gasteiger charge is -2.14. The molecular formula is C24H27N5OS. The molecular weight excluding hydrogens is 406 g/mol. The molecule has 2 aromatic carbocycles. The second kappa shape index (κ2) is 10.2. The van der Waals surface area contributed by atoms with Crippen LogP contribution in [0.3, 0.4) is 0 Å². The minimum Gasteiger partial charge on any atom is -0.386 e. The molecule has 1 unspecified atom stereocenters. The van der Waals surface area contributed by atoms with Crippen molar-refractivity contribution in [2.45, 2.75) is 26.1 Å². The summed E-state index contributed by atoms with van der Waals surface area (Å²) in [6, 6.07) is 18.7. The summed E-state index contributed by atoms with van der Waals surface area (Å²) in [6.45, 7) is 4.54. The van der Waals surface area contributed by atoms with Gasteiger partial charge in [0, 0.05) is 41.6 Å². The highest BCUT2D eigenvalue weighted by Gasteiger charge is 2.12. The molecule has 4 rings (SSSR count). The van der Waals surface area contributed by atoms with Crippen molar-refractivity contribution in [2.24, 2.45) is 4.99 Å². The summed E-state index contributed by atoms with van der Waals surface area (Å²) in [5.74, 6) is 0.697. The number of benzene rings is 2. The van der Waals surface area contributed by atoms with Crippen molar-refractivity contribution in [3.05, 3.63) is 89.3 Å². The van der Waals surface area contributed by atoms with Crippen LogP contribution in [0.15, 0.2) is 78.3 Å². The number of hydrogen-bond donors (Lipinski definition) is 3. The number of nitrogens with zero attached hydrogens (tertiary/aromatic N) is 3. The van der Waals surface area contributed by atoms with Crippen LogP contribution in [-0.2, 0) is 13.1 Å². The van der Waals surface area contributed by atoms with Crippen LogP contribution in [0, 0.1) is 0 Å². The summed E-state index contributed by atoms with van der Waals surface area (Å²) in [4.78, 5) is 9.75. The Kier molecular flexibility index (Phi) is 6.96. The van der Waals surface area contributed by atoms with Crippen LogP contribution in [0.1, 0.15) is 29.0 Å². The average molecular weight is 434 g/mol. The van der Waals surface area contributed by atoms with Gasteiger partial charge < -0.3 is 20.3 Å². The van der Waals surface area contributed by atoms with Gasteiger partial charge in [0.2, 0.25) is 0 Å². The molecule has 0 saturated carbocycles. The second-order valence-electron chi connectivity index (χ2n) is 7.33. The summed E-state index contributed by atoms with van der Waals surface area (Å²) < 4.78 is 3.23. The maximum Gasteiger partial charge on any atom is 0.191 e. The summed E-state index contributed by atoms with van der Waals surface area (Å²) in [6.07, 6.45) is 4.98. The molecule has 0 aliphatic carbocycles. The van der Waals surface area contributed by atoms with E-state index in [1.54, 1.807) is 17.5 Å². The number of aliphatic imine (C=N–C) groups is 1. The van der Waals surface area contributed by atoms with Gasteiger partial charge in [-0.2, -0.15) is 0 Å². The molecule has 0 aliphatic rings. The minimum absolute atomic E-state index is 0.402. The predicted octanol–water partition coefficient (Wildman–Crippen LogP) is 3.93. The molecule has 0 saturated heterocycles. The van der Waals surface area contributed by atoms with E-state index in [0.29, 0.717) is 19.0 Å². The number of aliphatic hydroxyl groups excluding tert-OH is 1. The first-order valence-electron chi connectivity index (χ1n) is 10.4. The van der Waals surface area contributed by atoms with Crippen LogP contribution in [0.2, 0.25) is 0 Å². The Balaban J connectivity index is 1.37. The number of aliphatic hydroxyl groups is 1. The Morgan fingerprint density at radius 1 is 1.13 bits per heavy atom. The van der Waals surface area contributed by atoms with Gasteiger partial charge in [0.25, 0.3) is 0 Å². The Labute approximate surface area is 186 Å². The van der Waals surface area contributed by atoms with E-state index in [-0.39, 0.29) is 0 Å². The van der Waals surface area contributed by atoms with Gasteiger partial charge in [-0.15, -0.1) is 11.3 Å². The lowest BCUT2D eigenvalue weighted by Crippen LogP contribution is -2.39. The zero-order valence-electron chi connectivity index (χ0n) is 17.5. The van der Waals surface area contributed by atoms with Crippen LogP contribution in [-0.4, -0.2) is 33.7 Å². The third-order valence-corrected chi connectivity index (χ3v) is 6.13. The molecule has 2 aromatic heterocycles. The van der Waals surface area contributed by atoms with Crippen LogP contribution in [0.5, 0.6) is 0 Å². The van der Waals surface area contributed by atoms with Crippen LogP contribution >= 0.6 is 11.3 Å². The third kappa shape index (κ3) is 5.71. The van der Waals surface area contributed by atoms with Gasteiger partial charge in [-0.3, -0.25) is 0 Å². The zero-order chi connectivity index (χ0) is 21.5. The van der Waals surface area contributed by atoms with Crippen LogP contribution in [0.25, 0.3) is 10.1 Å². The number of imidazole rings is 1. The highest BCUT2D eigenvalue weighted by Crippen LogP contribution is 2.29. The van der Waals surface area contributed by atoms with E-state index in [0.717, 1.165) is 28.9 Å². The molecule has 6 nitrogen and oxygen atoms in total. The Bertz CT molecular complexity index is 1100. The quantitative estimate of drug-likeness (QED) is 0.291. The minimum atomic E-state index is -0.584. The molecule has 31 heavy (non-hydrogen) atoms. The van der Waals surface area contributed by atoms with Gasteiger partial charge >= 0.3 is 0 Å². The Hall–Kier alpha value is -3.16. The first kappa shape index (κ1) is 21.1. The molecule has 7 heteroatoms. The van der Waals surface area contributed by atoms with Crippen molar-refractivity contribution in [1.82, 2.24) is 20.2 Å². The molecule has 4 aromatic rings. The fraction of sp³-hybridized carbons (Fsp3) is 0.250. The van der Waals surface area contributed by atoms with Crippen molar-refractivity contribution < 1.29 is 5.11 Å². The standard InChI is InChI=1S/C24H27N5OS/c1-2-26-24(28-15-21(30)23-13-20-8-3-4-9-22(20)31-23)27-14-18-6-5-7-19(12-18)16-29-11-10-25-17-29/h3-13,17,21,30H,2,14-16H2,1H3,(H2,26,27,28). The van der Waals surface area contributed by atoms with Crippen LogP contribution < -0.4 is 10.6 Å². The lowest BCUT2D eigenvalue weighted by atomic mass is 10.1. The number of nitrogens with one attached hydrogen (secondary N) is 2. The monoisotopic (exact) mass is 433 g/mol. The van der Waals surface area contributed by atoms with Gasteiger partial charge in [0.1, 0.15) is 6.10 Å². The molecule has 0 spiro atoms. The number of hydrogen-bond acceptors (Lipinski definition) is 4. The van der Waals surface area contributed by atoms with Gasteiger partial charge in [0.15, 0.2) is 5.96 Å². The fourth-order valence-corrected chi connectivity index (χ4v) is 4.44. The SMILES string of the molecule is CCNC(=NCc1cccc(Cn2ccnc2)c1)NCC(O)c1cc2ccccc2s1. The smallest absolute Gasteiger partial charge is 0.191 e. The molecule has 2 heterocycles. The van der Waals surface area contributed by atoms with E-state index >= 15 is 0 Å². The number of aromatic nitrogens is 2. The summed E-state index contributed by atoms with van der Waals surface area (Å²) in [7, 11) is 0. The molecule has 0 radical (unpaired) electrons. The topological polar surface area (TPSA) is 74.5 Å². The van der Waals surface area contributed by atoms with Crippen LogP contribution in [0.4, 0.5) is 0 Å². The predicted molar refractivity (Wildman–Crippen MR) is 127 cm³/mol. The molecule has 0 bridgehead atoms. The molecule has 0 aliphatic heterocycles. The third-order valence-electron chi connectivity index (χ3n) is 4.92. The van der Waals surface area contributed by atoms with Gasteiger partial charge in [-0.25, -0.2) is 9.98 Å². The highest BCUT2D eigenvalue weighted by molar-refractivity contribution is 7.19. The summed E-state index contributed by atoms with van der Waals surface area (Å²) in [5.41, 5.74) is 2.35. The van der Waals surface area contributed by atoms with E-state index in [9.17, 15) is 5.11 Å². The van der Waals surface area contributed by atoms with E-state index in [1.165, 1.54) is 10.3 Å². The van der Waals surface area contributed by atoms with Crippen molar-refractivity contribution in [3.63, 3.8) is 0 Å². The number of guanidine groups is 1. The number of rotatable bonds is 8. The Morgan fingerprint density at radius 2 is 2.00 bits per heavy atom. The van der Waals surface area contributed by atoms with E-state index in [4.69, 9.17) is 4.99 Å². The van der Waals surface area contributed by atoms with E-state index in [1.807, 2.05) is 36.1 Å². The highest BCUT2D eigenvalue weighted by atomic mass is 32.1. The first-order valence-corrected chi connectivity index (χ1v) is 11.2. The zero-order valence-corrected chi connectivity index (χ0v) is 18.3. The average Bonchev–Trinajstić information content (AvgIpc) is 3.45. The summed E-state index contributed by atoms with van der Waals surface area (Å²) in [5, 5.41) is 18.3. The van der Waals surface area contributed by atoms with Gasteiger partial charge in [0.05, 0.1) is 12.9 Å². The van der Waals surface area contributed by atoms with Gasteiger partial charge in [-0.1, -0.05) is 42.5 Å². The van der Waals surface area contributed by atoms with Crippen molar-refractivity contribution in [2.75, 3.05) is 13.1 Å². The normalized spacial score (nSPS) is 12.8. The van der Waals surface area contributed by atoms with Gasteiger partial charge in [-0.05, 0) is 35.6 Å². The number of thiophene rings is 1. The fourth-order valence-electron chi connectivity index (χ4n) is 3.39. The summed E-state index contributed by atoms with van der Waals surface area (Å²) >= 11 is 1.63. The molecule has 0 fully saturated rings. The van der Waals surface area contributed by atoms with Crippen molar-refractivity contribution in [3.8, 4) is 0 Å². The molecule has 0 amide bonds. The number of fused-ring (bicyclic) bond motifs is 1. The second-order valence-corrected chi connectivity index (χ2v) is 8.45. The van der Waals surface area contributed by atoms with E-state index in [2.05, 4.69) is 58.1 Å². The maximum absolute atomic E-state index is 10.6. The molecule has 1 atom stereocenters. The van der Waals surface area contributed by atoms with Crippen molar-refractivity contribution >= 4 is 27.4 Å². The molecule has 3 N–H and O–H groups in total. The first-order chi connectivity index (χ1) is 15.2. The van der Waals surface area contributed by atoms with E-state index < -0.39 is 6.10 Å².